The van der Waals surface area contributed by atoms with Gasteiger partial charge >= 0.3 is 0 Å². The monoisotopic (exact) mass is 222 g/mol. The zero-order valence-corrected chi connectivity index (χ0v) is 9.11. The van der Waals surface area contributed by atoms with Crippen LogP contribution in [0.3, 0.4) is 0 Å². The zero-order valence-electron chi connectivity index (χ0n) is 8.35. The molecule has 4 heteroatoms. The first kappa shape index (κ1) is 11.5. The predicted octanol–water partition coefficient (Wildman–Crippen LogP) is 2.67. The predicted molar refractivity (Wildman–Crippen MR) is 63.7 cm³/mol. The van der Waals surface area contributed by atoms with Crippen molar-refractivity contribution in [3.8, 4) is 0 Å². The first-order chi connectivity index (χ1) is 7.15. The largest absolute Gasteiger partial charge is 0.350 e. The number of anilines is 1. The summed E-state index contributed by atoms with van der Waals surface area (Å²) in [5.74, 6) is 0. The molecule has 0 fully saturated rings. The van der Waals surface area contributed by atoms with Crippen LogP contribution < -0.4 is 4.90 Å². The van der Waals surface area contributed by atoms with Gasteiger partial charge in [0.15, 0.2) is 0 Å². The van der Waals surface area contributed by atoms with Crippen LogP contribution in [0.25, 0.3) is 0 Å². The molecule has 0 aliphatic rings. The number of hydrogen-bond donors (Lipinski definition) is 0. The van der Waals surface area contributed by atoms with Gasteiger partial charge in [0.25, 0.3) is 5.24 Å². The molecule has 3 nitrogen and oxygen atoms in total. The van der Waals surface area contributed by atoms with Crippen LogP contribution in [0, 0.1) is 0 Å². The molecule has 0 aliphatic carbocycles. The van der Waals surface area contributed by atoms with E-state index in [0.717, 1.165) is 5.69 Å². The third-order valence-electron chi connectivity index (χ3n) is 1.90. The zero-order chi connectivity index (χ0) is 11.3. The highest BCUT2D eigenvalue weighted by Gasteiger charge is 2.01. The summed E-state index contributed by atoms with van der Waals surface area (Å²) in [7, 11) is 1.87. The molecule has 15 heavy (non-hydrogen) atoms. The summed E-state index contributed by atoms with van der Waals surface area (Å²) < 4.78 is 0. The number of rotatable bonds is 4. The number of carbonyl (C=O) groups is 1. The number of aliphatic imine (C=N–C) groups is 1. The average molecular weight is 223 g/mol. The summed E-state index contributed by atoms with van der Waals surface area (Å²) in [5.41, 5.74) is 1.43. The first-order valence-corrected chi connectivity index (χ1v) is 4.68. The molecular weight excluding hydrogens is 212 g/mol. The van der Waals surface area contributed by atoms with Gasteiger partial charge in [0, 0.05) is 30.7 Å². The maximum atomic E-state index is 10.8. The summed E-state index contributed by atoms with van der Waals surface area (Å²) in [6, 6.07) is 6.97. The number of carbonyl (C=O) groups excluding carboxylic acids is 1. The van der Waals surface area contributed by atoms with E-state index in [9.17, 15) is 4.79 Å². The lowest BCUT2D eigenvalue weighted by atomic mass is 10.2. The molecule has 0 unspecified atom stereocenters. The number of halogens is 1. The van der Waals surface area contributed by atoms with Gasteiger partial charge in [0.2, 0.25) is 0 Å². The Morgan fingerprint density at radius 1 is 1.47 bits per heavy atom. The molecule has 0 atom stereocenters. The van der Waals surface area contributed by atoms with E-state index in [0.29, 0.717) is 5.56 Å². The molecule has 1 aromatic rings. The lowest BCUT2D eigenvalue weighted by molar-refractivity contribution is 0.108. The second kappa shape index (κ2) is 5.32. The standard InChI is InChI=1S/C11H11ClN2O/c1-13-7-8-14(2)10-5-3-9(4-6-10)11(12)15/h3-8H,1H2,2H3/b8-7-. The van der Waals surface area contributed by atoms with E-state index in [-0.39, 0.29) is 0 Å². The molecular formula is C11H11ClN2O. The highest BCUT2D eigenvalue weighted by atomic mass is 35.5. The van der Waals surface area contributed by atoms with Crippen molar-refractivity contribution < 1.29 is 4.79 Å². The molecule has 1 rings (SSSR count). The maximum absolute atomic E-state index is 10.8. The topological polar surface area (TPSA) is 32.7 Å². The summed E-state index contributed by atoms with van der Waals surface area (Å²) in [6.07, 6.45) is 3.35. The summed E-state index contributed by atoms with van der Waals surface area (Å²) in [6.45, 7) is 3.34. The van der Waals surface area contributed by atoms with Crippen LogP contribution in [0.4, 0.5) is 5.69 Å². The van der Waals surface area contributed by atoms with E-state index >= 15 is 0 Å². The van der Waals surface area contributed by atoms with Crippen LogP contribution in [0.5, 0.6) is 0 Å². The van der Waals surface area contributed by atoms with Crippen LogP contribution >= 0.6 is 11.6 Å². The van der Waals surface area contributed by atoms with Crippen LogP contribution in [-0.2, 0) is 0 Å². The van der Waals surface area contributed by atoms with Crippen molar-refractivity contribution in [1.82, 2.24) is 0 Å². The van der Waals surface area contributed by atoms with Crippen molar-refractivity contribution in [2.24, 2.45) is 4.99 Å². The van der Waals surface area contributed by atoms with E-state index in [4.69, 9.17) is 11.6 Å². The molecule has 0 saturated carbocycles. The molecule has 0 aromatic heterocycles. The molecule has 0 spiro atoms. The van der Waals surface area contributed by atoms with Gasteiger partial charge in [-0.25, -0.2) is 0 Å². The Hall–Kier alpha value is -1.61. The Morgan fingerprint density at radius 2 is 2.07 bits per heavy atom. The van der Waals surface area contributed by atoms with Crippen molar-refractivity contribution >= 4 is 29.2 Å². The summed E-state index contributed by atoms with van der Waals surface area (Å²) >= 11 is 5.33. The number of benzene rings is 1. The lowest BCUT2D eigenvalue weighted by Crippen LogP contribution is -2.07. The fourth-order valence-corrected chi connectivity index (χ4v) is 1.19. The fourth-order valence-electron chi connectivity index (χ4n) is 1.06. The second-order valence-electron chi connectivity index (χ2n) is 2.91. The highest BCUT2D eigenvalue weighted by Crippen LogP contribution is 2.15. The SMILES string of the molecule is C=N/C=C\N(C)c1ccc(C(=O)Cl)cc1. The van der Waals surface area contributed by atoms with Crippen molar-refractivity contribution in [3.05, 3.63) is 42.2 Å². The van der Waals surface area contributed by atoms with Crippen molar-refractivity contribution in [2.45, 2.75) is 0 Å². The molecule has 0 saturated heterocycles. The minimum absolute atomic E-state index is 0.451. The molecule has 0 heterocycles. The summed E-state index contributed by atoms with van der Waals surface area (Å²) in [4.78, 5) is 16.3. The van der Waals surface area contributed by atoms with E-state index in [1.807, 2.05) is 24.1 Å². The van der Waals surface area contributed by atoms with Crippen LogP contribution in [0.2, 0.25) is 0 Å². The van der Waals surface area contributed by atoms with Gasteiger partial charge in [-0.05, 0) is 42.6 Å². The van der Waals surface area contributed by atoms with Gasteiger partial charge in [0.05, 0.1) is 0 Å². The minimum Gasteiger partial charge on any atom is -0.350 e. The minimum atomic E-state index is -0.451. The van der Waals surface area contributed by atoms with Crippen LogP contribution in [0.1, 0.15) is 10.4 Å². The Kier molecular flexibility index (Phi) is 4.06. The normalized spacial score (nSPS) is 10.3. The molecule has 1 aromatic carbocycles. The third-order valence-corrected chi connectivity index (χ3v) is 2.12. The van der Waals surface area contributed by atoms with Gasteiger partial charge in [0.1, 0.15) is 0 Å². The lowest BCUT2D eigenvalue weighted by Gasteiger charge is -2.13. The van der Waals surface area contributed by atoms with Gasteiger partial charge in [-0.15, -0.1) is 0 Å². The van der Waals surface area contributed by atoms with Crippen LogP contribution in [-0.4, -0.2) is 19.0 Å². The number of hydrogen-bond acceptors (Lipinski definition) is 3. The van der Waals surface area contributed by atoms with E-state index in [1.165, 1.54) is 0 Å². The van der Waals surface area contributed by atoms with Gasteiger partial charge < -0.3 is 4.90 Å². The highest BCUT2D eigenvalue weighted by molar-refractivity contribution is 6.67. The Morgan fingerprint density at radius 3 is 2.53 bits per heavy atom. The van der Waals surface area contributed by atoms with E-state index in [1.54, 1.807) is 24.5 Å². The first-order valence-electron chi connectivity index (χ1n) is 4.30. The van der Waals surface area contributed by atoms with Crippen molar-refractivity contribution in [2.75, 3.05) is 11.9 Å². The van der Waals surface area contributed by atoms with E-state index < -0.39 is 5.24 Å². The van der Waals surface area contributed by atoms with Gasteiger partial charge in [-0.1, -0.05) is 0 Å². The van der Waals surface area contributed by atoms with Gasteiger partial charge in [-0.2, -0.15) is 0 Å². The van der Waals surface area contributed by atoms with E-state index in [2.05, 4.69) is 11.7 Å². The molecule has 78 valence electrons. The van der Waals surface area contributed by atoms with Gasteiger partial charge in [-0.3, -0.25) is 9.79 Å². The third kappa shape index (κ3) is 3.22. The molecule has 0 N–H and O–H groups in total. The number of nitrogens with zero attached hydrogens (tertiary/aromatic N) is 2. The Labute approximate surface area is 93.7 Å². The molecule has 0 bridgehead atoms. The molecule has 0 radical (unpaired) electrons. The Bertz CT molecular complexity index is 384. The Balaban J connectivity index is 2.83. The van der Waals surface area contributed by atoms with Crippen molar-refractivity contribution in [1.29, 1.82) is 0 Å². The smallest absolute Gasteiger partial charge is 0.252 e. The maximum Gasteiger partial charge on any atom is 0.252 e. The molecule has 0 amide bonds. The second-order valence-corrected chi connectivity index (χ2v) is 3.26. The van der Waals surface area contributed by atoms with Crippen LogP contribution in [0.15, 0.2) is 41.7 Å². The fraction of sp³-hybridized carbons (Fsp3) is 0.0909. The molecule has 0 aliphatic heterocycles. The quantitative estimate of drug-likeness (QED) is 0.580. The van der Waals surface area contributed by atoms with Crippen molar-refractivity contribution in [3.63, 3.8) is 0 Å². The average Bonchev–Trinajstić information content (AvgIpc) is 2.26. The summed E-state index contributed by atoms with van der Waals surface area (Å²) in [5, 5.41) is -0.451.